The second-order valence-electron chi connectivity index (χ2n) is 7.33. The van der Waals surface area contributed by atoms with Crippen LogP contribution in [0.15, 0.2) is 12.2 Å². The zero-order chi connectivity index (χ0) is 21.2. The van der Waals surface area contributed by atoms with Crippen molar-refractivity contribution in [3.63, 3.8) is 0 Å². The fourth-order valence-electron chi connectivity index (χ4n) is 2.71. The molecule has 5 N–H and O–H groups in total. The Balaban J connectivity index is 3.71. The van der Waals surface area contributed by atoms with Gasteiger partial charge < -0.3 is 30.3 Å². The average molecular weight is 405 g/mol. The Bertz CT molecular complexity index is 400. The van der Waals surface area contributed by atoms with Crippen molar-refractivity contribution in [3.05, 3.63) is 12.2 Å². The number of carbonyl (C=O) groups excluding carboxylic acids is 1. The molecule has 0 bridgehead atoms. The summed E-state index contributed by atoms with van der Waals surface area (Å²) in [5, 5.41) is 47.4. The Kier molecular flexibility index (Phi) is 17.4. The van der Waals surface area contributed by atoms with E-state index in [1.54, 1.807) is 0 Å². The van der Waals surface area contributed by atoms with Crippen LogP contribution in [0.2, 0.25) is 0 Å². The molecule has 28 heavy (non-hydrogen) atoms. The maximum atomic E-state index is 11.4. The van der Waals surface area contributed by atoms with Crippen LogP contribution in [0.4, 0.5) is 0 Å². The molecule has 0 aliphatic carbocycles. The van der Waals surface area contributed by atoms with Gasteiger partial charge in [0.2, 0.25) is 0 Å². The molecule has 0 aliphatic heterocycles. The fourth-order valence-corrected chi connectivity index (χ4v) is 2.71. The van der Waals surface area contributed by atoms with Gasteiger partial charge in [-0.2, -0.15) is 0 Å². The van der Waals surface area contributed by atoms with Gasteiger partial charge in [-0.25, -0.2) is 0 Å². The molecular weight excluding hydrogens is 364 g/mol. The molecule has 0 spiro atoms. The fraction of sp³-hybridized carbons (Fsp3) is 0.857. The van der Waals surface area contributed by atoms with E-state index in [0.29, 0.717) is 19.3 Å². The van der Waals surface area contributed by atoms with Crippen LogP contribution >= 0.6 is 0 Å². The summed E-state index contributed by atoms with van der Waals surface area (Å²) >= 11 is 0. The van der Waals surface area contributed by atoms with Gasteiger partial charge >= 0.3 is 5.97 Å². The summed E-state index contributed by atoms with van der Waals surface area (Å²) in [5.41, 5.74) is 0. The summed E-state index contributed by atoms with van der Waals surface area (Å²) in [5.74, 6) is -0.391. The minimum Gasteiger partial charge on any atom is -0.463 e. The van der Waals surface area contributed by atoms with E-state index in [4.69, 9.17) is 14.9 Å². The Hall–Kier alpha value is -0.990. The summed E-state index contributed by atoms with van der Waals surface area (Å²) in [6, 6.07) is 0. The monoisotopic (exact) mass is 404 g/mol. The quantitative estimate of drug-likeness (QED) is 0.134. The van der Waals surface area contributed by atoms with E-state index in [0.717, 1.165) is 44.9 Å². The van der Waals surface area contributed by atoms with E-state index in [1.165, 1.54) is 12.2 Å². The zero-order valence-corrected chi connectivity index (χ0v) is 17.2. The molecule has 0 saturated heterocycles. The highest BCUT2D eigenvalue weighted by atomic mass is 16.5. The van der Waals surface area contributed by atoms with Crippen LogP contribution in [0.25, 0.3) is 0 Å². The van der Waals surface area contributed by atoms with E-state index in [1.807, 2.05) is 0 Å². The highest BCUT2D eigenvalue weighted by molar-refractivity contribution is 5.69. The lowest BCUT2D eigenvalue weighted by Gasteiger charge is -2.15. The largest absolute Gasteiger partial charge is 0.463 e. The van der Waals surface area contributed by atoms with E-state index < -0.39 is 37.0 Å². The van der Waals surface area contributed by atoms with Gasteiger partial charge in [0.1, 0.15) is 12.7 Å². The summed E-state index contributed by atoms with van der Waals surface area (Å²) in [4.78, 5) is 11.4. The first-order valence-electron chi connectivity index (χ1n) is 10.6. The normalized spacial score (nSPS) is 16.1. The SMILES string of the molecule is CCCCCCC(O)C(O)/C=C/C(O)CCCCCCC(=O)OCC(O)CO. The minimum absolute atomic E-state index is 0.187. The Labute approximate surface area is 169 Å². The van der Waals surface area contributed by atoms with Crippen molar-refractivity contribution in [2.75, 3.05) is 13.2 Å². The number of hydrogen-bond acceptors (Lipinski definition) is 7. The lowest BCUT2D eigenvalue weighted by atomic mass is 10.0. The summed E-state index contributed by atoms with van der Waals surface area (Å²) < 4.78 is 4.81. The molecule has 0 rings (SSSR count). The van der Waals surface area contributed by atoms with E-state index in [-0.39, 0.29) is 13.0 Å². The molecule has 0 saturated carbocycles. The van der Waals surface area contributed by atoms with Gasteiger partial charge in [-0.05, 0) is 19.3 Å². The molecule has 4 unspecified atom stereocenters. The van der Waals surface area contributed by atoms with Gasteiger partial charge in [-0.1, -0.05) is 64.0 Å². The van der Waals surface area contributed by atoms with Crippen LogP contribution in [0, 0.1) is 0 Å². The topological polar surface area (TPSA) is 127 Å². The number of carbonyl (C=O) groups is 1. The van der Waals surface area contributed by atoms with Gasteiger partial charge in [-0.15, -0.1) is 0 Å². The molecule has 7 nitrogen and oxygen atoms in total. The molecule has 0 aromatic rings. The van der Waals surface area contributed by atoms with Gasteiger partial charge in [0.05, 0.1) is 24.9 Å². The Morgan fingerprint density at radius 3 is 2.21 bits per heavy atom. The lowest BCUT2D eigenvalue weighted by molar-refractivity contribution is -0.147. The maximum absolute atomic E-state index is 11.4. The third-order valence-electron chi connectivity index (χ3n) is 4.56. The standard InChI is InChI=1S/C21H40O7/c1-2-3-4-8-11-19(25)20(26)14-13-17(23)10-7-5-6-9-12-21(27)28-16-18(24)15-22/h13-14,17-20,22-26H,2-12,15-16H2,1H3/b14-13+. The Morgan fingerprint density at radius 2 is 1.54 bits per heavy atom. The van der Waals surface area contributed by atoms with Gasteiger partial charge in [0, 0.05) is 6.42 Å². The number of aliphatic hydroxyl groups is 5. The third-order valence-corrected chi connectivity index (χ3v) is 4.56. The molecule has 0 aromatic heterocycles. The lowest BCUT2D eigenvalue weighted by Crippen LogP contribution is -2.24. The first-order valence-corrected chi connectivity index (χ1v) is 10.6. The molecule has 0 aromatic carbocycles. The second kappa shape index (κ2) is 18.1. The summed E-state index contributed by atoms with van der Waals surface area (Å²) in [6.07, 6.45) is 8.29. The molecule has 0 heterocycles. The van der Waals surface area contributed by atoms with Crippen molar-refractivity contribution in [3.8, 4) is 0 Å². The maximum Gasteiger partial charge on any atom is 0.305 e. The first-order chi connectivity index (χ1) is 13.4. The van der Waals surface area contributed by atoms with Crippen molar-refractivity contribution in [1.29, 1.82) is 0 Å². The second-order valence-corrected chi connectivity index (χ2v) is 7.33. The predicted molar refractivity (Wildman–Crippen MR) is 108 cm³/mol. The van der Waals surface area contributed by atoms with Crippen LogP contribution in [0.3, 0.4) is 0 Å². The molecule has 0 radical (unpaired) electrons. The van der Waals surface area contributed by atoms with E-state index in [9.17, 15) is 20.1 Å². The minimum atomic E-state index is -1.03. The molecule has 0 fully saturated rings. The molecule has 0 amide bonds. The summed E-state index contributed by atoms with van der Waals surface area (Å²) in [7, 11) is 0. The zero-order valence-electron chi connectivity index (χ0n) is 17.2. The van der Waals surface area contributed by atoms with Crippen molar-refractivity contribution >= 4 is 5.97 Å². The number of hydrogen-bond donors (Lipinski definition) is 5. The molecule has 7 heteroatoms. The van der Waals surface area contributed by atoms with Gasteiger partial charge in [0.25, 0.3) is 0 Å². The molecule has 4 atom stereocenters. The number of aliphatic hydroxyl groups excluding tert-OH is 5. The highest BCUT2D eigenvalue weighted by Crippen LogP contribution is 2.11. The van der Waals surface area contributed by atoms with Gasteiger partial charge in [0.15, 0.2) is 0 Å². The molecule has 0 aliphatic rings. The number of ether oxygens (including phenoxy) is 1. The molecule has 166 valence electrons. The number of rotatable bonds is 18. The highest BCUT2D eigenvalue weighted by Gasteiger charge is 2.13. The first kappa shape index (κ1) is 27.0. The van der Waals surface area contributed by atoms with E-state index in [2.05, 4.69) is 6.92 Å². The smallest absolute Gasteiger partial charge is 0.305 e. The van der Waals surface area contributed by atoms with Crippen molar-refractivity contribution in [2.45, 2.75) is 102 Å². The number of esters is 1. The van der Waals surface area contributed by atoms with Crippen LogP contribution in [-0.4, -0.2) is 69.1 Å². The van der Waals surface area contributed by atoms with E-state index >= 15 is 0 Å². The molecular formula is C21H40O7. The van der Waals surface area contributed by atoms with Crippen LogP contribution in [0.5, 0.6) is 0 Å². The van der Waals surface area contributed by atoms with Crippen molar-refractivity contribution in [1.82, 2.24) is 0 Å². The van der Waals surface area contributed by atoms with Gasteiger partial charge in [-0.3, -0.25) is 4.79 Å². The van der Waals surface area contributed by atoms with Crippen molar-refractivity contribution < 1.29 is 35.1 Å². The van der Waals surface area contributed by atoms with Crippen LogP contribution in [0.1, 0.15) is 77.6 Å². The average Bonchev–Trinajstić information content (AvgIpc) is 2.69. The predicted octanol–water partition coefficient (Wildman–Crippen LogP) is 1.83. The third kappa shape index (κ3) is 16.0. The van der Waals surface area contributed by atoms with Crippen LogP contribution in [-0.2, 0) is 9.53 Å². The Morgan fingerprint density at radius 1 is 0.893 bits per heavy atom. The number of unbranched alkanes of at least 4 members (excludes halogenated alkanes) is 6. The summed E-state index contributed by atoms with van der Waals surface area (Å²) in [6.45, 7) is 1.50. The van der Waals surface area contributed by atoms with Crippen molar-refractivity contribution in [2.24, 2.45) is 0 Å². The van der Waals surface area contributed by atoms with Crippen LogP contribution < -0.4 is 0 Å².